The van der Waals surface area contributed by atoms with Crippen LogP contribution in [-0.4, -0.2) is 7.11 Å². The van der Waals surface area contributed by atoms with Crippen LogP contribution in [0.4, 0.5) is 14.6 Å². The monoisotopic (exact) mass is 237 g/mol. The van der Waals surface area contributed by atoms with Crippen LogP contribution in [-0.2, 0) is 0 Å². The first kappa shape index (κ1) is 9.25. The number of hydrogen-bond acceptors (Lipinski definition) is 2. The molecular formula is C7H6BrF2NO. The normalized spacial score (nSPS) is 9.67. The maximum absolute atomic E-state index is 12.0. The summed E-state index contributed by atoms with van der Waals surface area (Å²) in [6.07, 6.45) is 0. The van der Waals surface area contributed by atoms with Crippen LogP contribution < -0.4 is 10.1 Å². The van der Waals surface area contributed by atoms with Gasteiger partial charge in [-0.25, -0.2) is 0 Å². The zero-order valence-electron chi connectivity index (χ0n) is 6.22. The Labute approximate surface area is 76.7 Å². The van der Waals surface area contributed by atoms with Crippen LogP contribution in [0.2, 0.25) is 0 Å². The zero-order chi connectivity index (χ0) is 9.14. The van der Waals surface area contributed by atoms with E-state index in [1.54, 1.807) is 0 Å². The molecule has 0 saturated carbocycles. The Bertz CT molecular complexity index is 280. The van der Waals surface area contributed by atoms with Gasteiger partial charge in [-0.05, 0) is 39.5 Å². The molecule has 0 radical (unpaired) electrons. The molecule has 0 saturated heterocycles. The van der Waals surface area contributed by atoms with Crippen molar-refractivity contribution in [3.63, 3.8) is 0 Å². The quantitative estimate of drug-likeness (QED) is 0.734. The lowest BCUT2D eigenvalue weighted by Gasteiger charge is -2.06. The van der Waals surface area contributed by atoms with E-state index in [1.165, 1.54) is 25.3 Å². The Morgan fingerprint density at radius 2 is 2.08 bits per heavy atom. The first-order valence-electron chi connectivity index (χ1n) is 3.10. The molecule has 0 aliphatic heterocycles. The zero-order valence-corrected chi connectivity index (χ0v) is 7.81. The highest BCUT2D eigenvalue weighted by Gasteiger charge is 2.08. The molecule has 2 nitrogen and oxygen atoms in total. The highest BCUT2D eigenvalue weighted by atomic mass is 79.9. The Hall–Kier alpha value is -0.840. The van der Waals surface area contributed by atoms with E-state index in [-0.39, 0.29) is 5.69 Å². The van der Waals surface area contributed by atoms with Gasteiger partial charge in [-0.2, -0.15) is 0 Å². The van der Waals surface area contributed by atoms with Crippen LogP contribution in [0.15, 0.2) is 22.7 Å². The highest BCUT2D eigenvalue weighted by molar-refractivity contribution is 9.10. The topological polar surface area (TPSA) is 12.5 Å². The number of halogens is 3. The average molecular weight is 238 g/mol. The lowest BCUT2D eigenvalue weighted by atomic mass is 10.3. The summed E-state index contributed by atoms with van der Waals surface area (Å²) in [6.45, 7) is 0. The Kier molecular flexibility index (Phi) is 2.86. The maximum Gasteiger partial charge on any atom is 0.120 e. The molecule has 0 spiro atoms. The molecule has 0 atom stereocenters. The molecule has 0 aliphatic carbocycles. The van der Waals surface area contributed by atoms with E-state index in [9.17, 15) is 8.96 Å². The van der Waals surface area contributed by atoms with Crippen molar-refractivity contribution < 1.29 is 13.7 Å². The van der Waals surface area contributed by atoms with Crippen LogP contribution in [0.25, 0.3) is 0 Å². The predicted octanol–water partition coefficient (Wildman–Crippen LogP) is 3.03. The molecule has 1 aromatic carbocycles. The van der Waals surface area contributed by atoms with Gasteiger partial charge in [-0.1, -0.05) is 8.96 Å². The van der Waals surface area contributed by atoms with Gasteiger partial charge in [0, 0.05) is 0 Å². The van der Waals surface area contributed by atoms with Crippen LogP contribution in [0, 0.1) is 0 Å². The van der Waals surface area contributed by atoms with E-state index >= 15 is 0 Å². The van der Waals surface area contributed by atoms with E-state index in [0.717, 1.165) is 0 Å². The molecule has 5 heteroatoms. The Morgan fingerprint density at radius 3 is 2.50 bits per heavy atom. The van der Waals surface area contributed by atoms with Crippen molar-refractivity contribution in [2.75, 3.05) is 12.5 Å². The molecule has 0 bridgehead atoms. The minimum atomic E-state index is -0.955. The third kappa shape index (κ3) is 1.85. The van der Waals surface area contributed by atoms with Gasteiger partial charge >= 0.3 is 0 Å². The molecule has 1 aromatic rings. The predicted molar refractivity (Wildman–Crippen MR) is 45.4 cm³/mol. The minimum Gasteiger partial charge on any atom is -0.497 e. The van der Waals surface area contributed by atoms with Crippen LogP contribution in [0.5, 0.6) is 5.75 Å². The fourth-order valence-corrected chi connectivity index (χ4v) is 1.24. The number of ether oxygens (including phenoxy) is 1. The molecule has 0 aliphatic rings. The first-order valence-corrected chi connectivity index (χ1v) is 3.89. The lowest BCUT2D eigenvalue weighted by molar-refractivity contribution is 0.234. The van der Waals surface area contributed by atoms with E-state index in [1.807, 2.05) is 0 Å². The van der Waals surface area contributed by atoms with Gasteiger partial charge in [0.05, 0.1) is 11.6 Å². The SMILES string of the molecule is COc1ccc(N(F)F)c(Br)c1. The smallest absolute Gasteiger partial charge is 0.120 e. The molecule has 1 rings (SSSR count). The lowest BCUT2D eigenvalue weighted by Crippen LogP contribution is -1.96. The summed E-state index contributed by atoms with van der Waals surface area (Å²) in [4.78, 5) is 0. The third-order valence-electron chi connectivity index (χ3n) is 1.34. The van der Waals surface area contributed by atoms with Crippen molar-refractivity contribution in [1.82, 2.24) is 0 Å². The summed E-state index contributed by atoms with van der Waals surface area (Å²) in [5.41, 5.74) is -0.184. The van der Waals surface area contributed by atoms with Crippen molar-refractivity contribution in [3.05, 3.63) is 22.7 Å². The number of methoxy groups -OCH3 is 1. The fourth-order valence-electron chi connectivity index (χ4n) is 0.752. The van der Waals surface area contributed by atoms with Crippen molar-refractivity contribution in [2.24, 2.45) is 0 Å². The van der Waals surface area contributed by atoms with E-state index in [4.69, 9.17) is 4.74 Å². The highest BCUT2D eigenvalue weighted by Crippen LogP contribution is 2.30. The first-order chi connectivity index (χ1) is 5.65. The number of nitrogens with zero attached hydrogens (tertiary/aromatic N) is 1. The van der Waals surface area contributed by atoms with Gasteiger partial charge in [0.25, 0.3) is 0 Å². The number of hydrogen-bond donors (Lipinski definition) is 0. The number of benzene rings is 1. The van der Waals surface area contributed by atoms with Crippen molar-refractivity contribution in [1.29, 1.82) is 0 Å². The van der Waals surface area contributed by atoms with Crippen LogP contribution in [0.1, 0.15) is 0 Å². The molecule has 0 heterocycles. The fraction of sp³-hybridized carbons (Fsp3) is 0.143. The molecule has 0 fully saturated rings. The summed E-state index contributed by atoms with van der Waals surface area (Å²) >= 11 is 2.99. The average Bonchev–Trinajstić information content (AvgIpc) is 2.03. The second kappa shape index (κ2) is 3.71. The number of anilines is 1. The van der Waals surface area contributed by atoms with Crippen LogP contribution >= 0.6 is 15.9 Å². The van der Waals surface area contributed by atoms with E-state index < -0.39 is 5.34 Å². The van der Waals surface area contributed by atoms with Gasteiger partial charge in [0.1, 0.15) is 11.4 Å². The van der Waals surface area contributed by atoms with E-state index in [2.05, 4.69) is 15.9 Å². The molecule has 0 aromatic heterocycles. The van der Waals surface area contributed by atoms with Crippen molar-refractivity contribution >= 4 is 21.6 Å². The second-order valence-corrected chi connectivity index (χ2v) is 2.90. The second-order valence-electron chi connectivity index (χ2n) is 2.05. The maximum atomic E-state index is 12.0. The third-order valence-corrected chi connectivity index (χ3v) is 1.97. The number of rotatable bonds is 2. The summed E-state index contributed by atoms with van der Waals surface area (Å²) in [6, 6.07) is 4.21. The summed E-state index contributed by atoms with van der Waals surface area (Å²) < 4.78 is 29.2. The van der Waals surface area contributed by atoms with Gasteiger partial charge in [-0.15, -0.1) is 0 Å². The van der Waals surface area contributed by atoms with Gasteiger partial charge < -0.3 is 4.74 Å². The molecule has 12 heavy (non-hydrogen) atoms. The van der Waals surface area contributed by atoms with Gasteiger partial charge in [0.15, 0.2) is 0 Å². The summed E-state index contributed by atoms with van der Waals surface area (Å²) in [7, 11) is 1.48. The largest absolute Gasteiger partial charge is 0.497 e. The van der Waals surface area contributed by atoms with Crippen molar-refractivity contribution in [2.45, 2.75) is 0 Å². The Balaban J connectivity index is 3.03. The molecule has 66 valence electrons. The minimum absolute atomic E-state index is 0.184. The molecule has 0 amide bonds. The summed E-state index contributed by atoms with van der Waals surface area (Å²) in [5, 5.41) is -0.955. The van der Waals surface area contributed by atoms with E-state index in [0.29, 0.717) is 10.2 Å². The van der Waals surface area contributed by atoms with Crippen molar-refractivity contribution in [3.8, 4) is 5.75 Å². The molecule has 0 unspecified atom stereocenters. The Morgan fingerprint density at radius 1 is 1.42 bits per heavy atom. The van der Waals surface area contributed by atoms with Gasteiger partial charge in [-0.3, -0.25) is 0 Å². The molecular weight excluding hydrogens is 232 g/mol. The molecule has 0 N–H and O–H groups in total. The van der Waals surface area contributed by atoms with Crippen LogP contribution in [0.3, 0.4) is 0 Å². The standard InChI is InChI=1S/C7H6BrF2NO/c1-12-5-2-3-7(11(9)10)6(8)4-5/h2-4H,1H3. The van der Waals surface area contributed by atoms with Gasteiger partial charge in [0.2, 0.25) is 0 Å². The summed E-state index contributed by atoms with van der Waals surface area (Å²) in [5.74, 6) is 0.535.